The predicted octanol–water partition coefficient (Wildman–Crippen LogP) is 6.48. The molecule has 0 radical (unpaired) electrons. The molecule has 1 aliphatic heterocycles. The highest BCUT2D eigenvalue weighted by molar-refractivity contribution is 4.66. The zero-order valence-corrected chi connectivity index (χ0v) is 15.0. The van der Waals surface area contributed by atoms with E-state index in [1.807, 2.05) is 0 Å². The maximum Gasteiger partial charge on any atom is 0.248 e. The number of hydrogen-bond donors (Lipinski definition) is 0. The Balaban J connectivity index is 1.88. The van der Waals surface area contributed by atoms with Crippen molar-refractivity contribution in [3.63, 3.8) is 0 Å². The molecule has 4 heteroatoms. The summed E-state index contributed by atoms with van der Waals surface area (Å²) in [6.07, 6.45) is 11.8. The minimum absolute atomic E-state index is 0.0270. The van der Waals surface area contributed by atoms with Gasteiger partial charge < -0.3 is 9.47 Å². The Bertz CT molecular complexity index is 266. The number of alkyl halides is 2. The van der Waals surface area contributed by atoms with Gasteiger partial charge in [-0.25, -0.2) is 8.78 Å². The summed E-state index contributed by atoms with van der Waals surface area (Å²) in [6.45, 7) is 3.64. The van der Waals surface area contributed by atoms with Crippen LogP contribution in [0.3, 0.4) is 0 Å². The van der Waals surface area contributed by atoms with Crippen LogP contribution in [0, 0.1) is 0 Å². The molecule has 138 valence electrons. The molecule has 0 aromatic heterocycles. The molecule has 1 saturated heterocycles. The van der Waals surface area contributed by atoms with Gasteiger partial charge in [-0.05, 0) is 38.5 Å². The molecule has 1 unspecified atom stereocenters. The van der Waals surface area contributed by atoms with Gasteiger partial charge in [-0.15, -0.1) is 0 Å². The van der Waals surface area contributed by atoms with Gasteiger partial charge in [-0.2, -0.15) is 0 Å². The van der Waals surface area contributed by atoms with E-state index in [4.69, 9.17) is 9.47 Å². The van der Waals surface area contributed by atoms with Crippen LogP contribution in [0.4, 0.5) is 8.78 Å². The van der Waals surface area contributed by atoms with Crippen molar-refractivity contribution in [3.8, 4) is 0 Å². The Hall–Kier alpha value is -0.220. The highest BCUT2D eigenvalue weighted by Crippen LogP contribution is 2.28. The zero-order valence-electron chi connectivity index (χ0n) is 15.0. The van der Waals surface area contributed by atoms with Gasteiger partial charge in [-0.3, -0.25) is 0 Å². The standard InChI is InChI=1S/C19H36F2O2/c1-2-3-4-5-9-14-19(20,21)15-10-6-7-11-16-22-18-13-8-12-17-23-18/h18H,2-17H2,1H3. The quantitative estimate of drug-likeness (QED) is 0.339. The highest BCUT2D eigenvalue weighted by atomic mass is 19.3. The number of unbranched alkanes of at least 4 members (excludes halogenated alkanes) is 7. The van der Waals surface area contributed by atoms with Crippen LogP contribution in [0.25, 0.3) is 0 Å². The van der Waals surface area contributed by atoms with Crippen LogP contribution in [0.15, 0.2) is 0 Å². The third kappa shape index (κ3) is 11.9. The van der Waals surface area contributed by atoms with E-state index in [2.05, 4.69) is 6.92 Å². The van der Waals surface area contributed by atoms with E-state index in [1.165, 1.54) is 12.8 Å². The van der Waals surface area contributed by atoms with Gasteiger partial charge in [0.25, 0.3) is 0 Å². The largest absolute Gasteiger partial charge is 0.353 e. The van der Waals surface area contributed by atoms with E-state index in [1.54, 1.807) is 0 Å². The zero-order chi connectivity index (χ0) is 16.8. The second-order valence-electron chi connectivity index (χ2n) is 6.85. The topological polar surface area (TPSA) is 18.5 Å². The maximum atomic E-state index is 13.7. The fourth-order valence-corrected chi connectivity index (χ4v) is 3.01. The molecule has 0 spiro atoms. The van der Waals surface area contributed by atoms with Crippen molar-refractivity contribution in [2.24, 2.45) is 0 Å². The molecule has 1 atom stereocenters. The Morgan fingerprint density at radius 1 is 0.913 bits per heavy atom. The molecule has 0 bridgehead atoms. The fourth-order valence-electron chi connectivity index (χ4n) is 3.01. The molecule has 1 aliphatic rings. The summed E-state index contributed by atoms with van der Waals surface area (Å²) in [7, 11) is 0. The molecule has 0 aromatic rings. The molecular weight excluding hydrogens is 298 g/mol. The molecule has 2 nitrogen and oxygen atoms in total. The third-order valence-corrected chi connectivity index (χ3v) is 4.52. The van der Waals surface area contributed by atoms with Crippen molar-refractivity contribution < 1.29 is 18.3 Å². The lowest BCUT2D eigenvalue weighted by molar-refractivity contribution is -0.162. The van der Waals surface area contributed by atoms with Crippen LogP contribution >= 0.6 is 0 Å². The Morgan fingerprint density at radius 2 is 1.57 bits per heavy atom. The van der Waals surface area contributed by atoms with Crippen LogP contribution in [-0.2, 0) is 9.47 Å². The molecule has 0 aromatic carbocycles. The van der Waals surface area contributed by atoms with Gasteiger partial charge in [0.2, 0.25) is 5.92 Å². The summed E-state index contributed by atoms with van der Waals surface area (Å²) in [5.41, 5.74) is 0. The van der Waals surface area contributed by atoms with Crippen molar-refractivity contribution in [2.45, 2.75) is 109 Å². The first kappa shape index (κ1) is 20.8. The molecule has 0 saturated carbocycles. The summed E-state index contributed by atoms with van der Waals surface area (Å²) in [4.78, 5) is 0. The van der Waals surface area contributed by atoms with E-state index in [-0.39, 0.29) is 19.1 Å². The average molecular weight is 334 g/mol. The summed E-state index contributed by atoms with van der Waals surface area (Å²) in [5.74, 6) is -2.46. The molecule has 0 N–H and O–H groups in total. The summed E-state index contributed by atoms with van der Waals surface area (Å²) in [6, 6.07) is 0. The lowest BCUT2D eigenvalue weighted by atomic mass is 10.0. The number of ether oxygens (including phenoxy) is 2. The van der Waals surface area contributed by atoms with Crippen LogP contribution in [0.1, 0.15) is 96.8 Å². The molecule has 0 amide bonds. The van der Waals surface area contributed by atoms with Crippen LogP contribution in [0.5, 0.6) is 0 Å². The van der Waals surface area contributed by atoms with Crippen molar-refractivity contribution >= 4 is 0 Å². The molecule has 0 aliphatic carbocycles. The number of halogens is 2. The second-order valence-corrected chi connectivity index (χ2v) is 6.85. The monoisotopic (exact) mass is 334 g/mol. The Morgan fingerprint density at radius 3 is 2.17 bits per heavy atom. The molecular formula is C19H36F2O2. The third-order valence-electron chi connectivity index (χ3n) is 4.52. The second kappa shape index (κ2) is 13.1. The normalized spacial score (nSPS) is 19.2. The van der Waals surface area contributed by atoms with E-state index in [9.17, 15) is 8.78 Å². The van der Waals surface area contributed by atoms with Crippen molar-refractivity contribution in [1.82, 2.24) is 0 Å². The van der Waals surface area contributed by atoms with Gasteiger partial charge in [0.1, 0.15) is 0 Å². The van der Waals surface area contributed by atoms with Crippen molar-refractivity contribution in [2.75, 3.05) is 13.2 Å². The van der Waals surface area contributed by atoms with E-state index >= 15 is 0 Å². The van der Waals surface area contributed by atoms with E-state index in [0.29, 0.717) is 19.4 Å². The SMILES string of the molecule is CCCCCCCC(F)(F)CCCCCCOC1CCCCO1. The molecule has 1 heterocycles. The van der Waals surface area contributed by atoms with Gasteiger partial charge in [-0.1, -0.05) is 45.4 Å². The molecule has 23 heavy (non-hydrogen) atoms. The minimum atomic E-state index is -2.46. The first-order chi connectivity index (χ1) is 11.1. The highest BCUT2D eigenvalue weighted by Gasteiger charge is 2.26. The summed E-state index contributed by atoms with van der Waals surface area (Å²) < 4.78 is 38.6. The summed E-state index contributed by atoms with van der Waals surface area (Å²) >= 11 is 0. The van der Waals surface area contributed by atoms with Gasteiger partial charge in [0.05, 0.1) is 0 Å². The fraction of sp³-hybridized carbons (Fsp3) is 1.00. The summed E-state index contributed by atoms with van der Waals surface area (Å²) in [5, 5.41) is 0. The lowest BCUT2D eigenvalue weighted by Crippen LogP contribution is -2.22. The average Bonchev–Trinajstić information content (AvgIpc) is 2.54. The van der Waals surface area contributed by atoms with Crippen molar-refractivity contribution in [1.29, 1.82) is 0 Å². The first-order valence-corrected chi connectivity index (χ1v) is 9.75. The van der Waals surface area contributed by atoms with E-state index in [0.717, 1.165) is 58.0 Å². The molecule has 1 fully saturated rings. The van der Waals surface area contributed by atoms with Crippen molar-refractivity contribution in [3.05, 3.63) is 0 Å². The smallest absolute Gasteiger partial charge is 0.248 e. The van der Waals surface area contributed by atoms with Crippen LogP contribution in [-0.4, -0.2) is 25.4 Å². The predicted molar refractivity (Wildman–Crippen MR) is 91.0 cm³/mol. The number of rotatable bonds is 14. The Kier molecular flexibility index (Phi) is 11.9. The van der Waals surface area contributed by atoms with Crippen LogP contribution in [0.2, 0.25) is 0 Å². The minimum Gasteiger partial charge on any atom is -0.353 e. The molecule has 1 rings (SSSR count). The lowest BCUT2D eigenvalue weighted by Gasteiger charge is -2.22. The number of hydrogen-bond acceptors (Lipinski definition) is 2. The van der Waals surface area contributed by atoms with E-state index < -0.39 is 5.92 Å². The Labute approximate surface area is 141 Å². The van der Waals surface area contributed by atoms with Gasteiger partial charge in [0, 0.05) is 26.1 Å². The van der Waals surface area contributed by atoms with Gasteiger partial charge in [0.15, 0.2) is 6.29 Å². The van der Waals surface area contributed by atoms with Gasteiger partial charge >= 0.3 is 0 Å². The first-order valence-electron chi connectivity index (χ1n) is 9.75. The van der Waals surface area contributed by atoms with Crippen LogP contribution < -0.4 is 0 Å². The maximum absolute atomic E-state index is 13.7.